The van der Waals surface area contributed by atoms with Crippen LogP contribution in [0.1, 0.15) is 6.92 Å². The lowest BCUT2D eigenvalue weighted by atomic mass is 10.2. The van der Waals surface area contributed by atoms with Gasteiger partial charge in [-0.3, -0.25) is 9.89 Å². The van der Waals surface area contributed by atoms with Gasteiger partial charge in [0.15, 0.2) is 0 Å². The Morgan fingerprint density at radius 3 is 2.93 bits per heavy atom. The molecule has 0 spiro atoms. The van der Waals surface area contributed by atoms with E-state index < -0.39 is 0 Å². The van der Waals surface area contributed by atoms with Crippen LogP contribution in [-0.4, -0.2) is 33.3 Å². The second-order valence-corrected chi connectivity index (χ2v) is 7.28. The summed E-state index contributed by atoms with van der Waals surface area (Å²) in [6.45, 7) is 1.53. The number of hydrogen-bond acceptors (Lipinski definition) is 6. The maximum atomic E-state index is 11.6. The maximum absolute atomic E-state index is 11.6. The molecule has 0 saturated carbocycles. The van der Waals surface area contributed by atoms with Crippen molar-refractivity contribution in [1.82, 2.24) is 20.4 Å². The van der Waals surface area contributed by atoms with E-state index in [1.54, 1.807) is 18.1 Å². The summed E-state index contributed by atoms with van der Waals surface area (Å²) in [6.07, 6.45) is 1.69. The Bertz CT molecular complexity index is 1140. The van der Waals surface area contributed by atoms with E-state index in [1.807, 2.05) is 36.4 Å². The highest BCUT2D eigenvalue weighted by Crippen LogP contribution is 2.35. The number of carbonyl (C=O) groups excluding carboxylic acids is 1. The first-order chi connectivity index (χ1) is 13.0. The summed E-state index contributed by atoms with van der Waals surface area (Å²) in [5.74, 6) is -0.0314. The summed E-state index contributed by atoms with van der Waals surface area (Å²) in [5, 5.41) is 21.3. The maximum Gasteiger partial charge on any atom is 0.223 e. The van der Waals surface area contributed by atoms with Gasteiger partial charge in [0, 0.05) is 30.6 Å². The number of anilines is 3. The van der Waals surface area contributed by atoms with Gasteiger partial charge in [0.2, 0.25) is 11.0 Å². The molecule has 4 rings (SSSR count). The molecule has 136 valence electrons. The average Bonchev–Trinajstić information content (AvgIpc) is 3.33. The van der Waals surface area contributed by atoms with Crippen molar-refractivity contribution in [3.8, 4) is 10.6 Å². The number of nitrogens with one attached hydrogen (secondary N) is 2. The van der Waals surface area contributed by atoms with E-state index in [9.17, 15) is 4.79 Å². The van der Waals surface area contributed by atoms with Crippen molar-refractivity contribution in [2.45, 2.75) is 6.92 Å². The van der Waals surface area contributed by atoms with Crippen molar-refractivity contribution in [2.75, 3.05) is 17.3 Å². The lowest BCUT2D eigenvalue weighted by Crippen LogP contribution is -2.22. The Hall–Kier alpha value is -2.97. The number of hydrogen-bond donors (Lipinski definition) is 2. The lowest BCUT2D eigenvalue weighted by Gasteiger charge is -2.15. The summed E-state index contributed by atoms with van der Waals surface area (Å²) in [6, 6.07) is 11.4. The standard InChI is InChI=1S/C18H15ClN6OS/c1-10(26)25(2)12-5-3-4-11(8-12)17-23-24-18(27-17)21-15-7-6-14-13(16(15)19)9-20-22-14/h3-9H,1-2H3,(H,20,22)(H,21,24). The SMILES string of the molecule is CC(=O)N(C)c1cccc(-c2nnc(Nc3ccc4[nH]ncc4c3Cl)s2)c1. The number of halogens is 1. The number of carbonyl (C=O) groups is 1. The van der Waals surface area contributed by atoms with Crippen LogP contribution in [0.15, 0.2) is 42.6 Å². The zero-order valence-electron chi connectivity index (χ0n) is 14.5. The molecule has 0 aliphatic heterocycles. The van der Waals surface area contributed by atoms with Crippen molar-refractivity contribution in [2.24, 2.45) is 0 Å². The minimum atomic E-state index is -0.0314. The predicted octanol–water partition coefficient (Wildman–Crippen LogP) is 4.46. The van der Waals surface area contributed by atoms with Crippen LogP contribution in [0.5, 0.6) is 0 Å². The van der Waals surface area contributed by atoms with E-state index in [1.165, 1.54) is 18.3 Å². The number of aromatic amines is 1. The molecule has 9 heteroatoms. The van der Waals surface area contributed by atoms with Crippen molar-refractivity contribution in [3.05, 3.63) is 47.6 Å². The van der Waals surface area contributed by atoms with Gasteiger partial charge in [-0.2, -0.15) is 5.10 Å². The van der Waals surface area contributed by atoms with Crippen molar-refractivity contribution in [3.63, 3.8) is 0 Å². The van der Waals surface area contributed by atoms with Crippen LogP contribution in [0.3, 0.4) is 0 Å². The topological polar surface area (TPSA) is 86.8 Å². The van der Waals surface area contributed by atoms with E-state index in [4.69, 9.17) is 11.6 Å². The normalized spacial score (nSPS) is 10.9. The first-order valence-corrected chi connectivity index (χ1v) is 9.29. The van der Waals surface area contributed by atoms with Crippen LogP contribution in [0.25, 0.3) is 21.5 Å². The van der Waals surface area contributed by atoms with E-state index in [2.05, 4.69) is 25.7 Å². The Kier molecular flexibility index (Phi) is 4.51. The number of H-pyrrole nitrogens is 1. The van der Waals surface area contributed by atoms with Gasteiger partial charge in [0.25, 0.3) is 0 Å². The van der Waals surface area contributed by atoms with E-state index in [0.717, 1.165) is 32.8 Å². The number of aromatic nitrogens is 4. The number of nitrogens with zero attached hydrogens (tertiary/aromatic N) is 4. The van der Waals surface area contributed by atoms with Gasteiger partial charge in [0.1, 0.15) is 5.01 Å². The van der Waals surface area contributed by atoms with Gasteiger partial charge in [0.05, 0.1) is 22.4 Å². The molecule has 2 heterocycles. The molecule has 0 aliphatic rings. The summed E-state index contributed by atoms with van der Waals surface area (Å²) in [7, 11) is 1.74. The lowest BCUT2D eigenvalue weighted by molar-refractivity contribution is -0.116. The van der Waals surface area contributed by atoms with Crippen LogP contribution >= 0.6 is 22.9 Å². The fraction of sp³-hybridized carbons (Fsp3) is 0.111. The minimum Gasteiger partial charge on any atom is -0.329 e. The number of rotatable bonds is 4. The van der Waals surface area contributed by atoms with E-state index in [-0.39, 0.29) is 5.91 Å². The average molecular weight is 399 g/mol. The molecule has 0 bridgehead atoms. The smallest absolute Gasteiger partial charge is 0.223 e. The largest absolute Gasteiger partial charge is 0.329 e. The predicted molar refractivity (Wildman–Crippen MR) is 109 cm³/mol. The van der Waals surface area contributed by atoms with Crippen LogP contribution in [-0.2, 0) is 4.79 Å². The monoisotopic (exact) mass is 398 g/mol. The molecular formula is C18H15ClN6OS. The molecule has 7 nitrogen and oxygen atoms in total. The highest BCUT2D eigenvalue weighted by atomic mass is 35.5. The van der Waals surface area contributed by atoms with Crippen molar-refractivity contribution < 1.29 is 4.79 Å². The molecule has 0 atom stereocenters. The van der Waals surface area contributed by atoms with Gasteiger partial charge in [-0.1, -0.05) is 35.1 Å². The highest BCUT2D eigenvalue weighted by Gasteiger charge is 2.13. The second kappa shape index (κ2) is 6.98. The van der Waals surface area contributed by atoms with Gasteiger partial charge in [-0.25, -0.2) is 0 Å². The fourth-order valence-electron chi connectivity index (χ4n) is 2.61. The molecule has 27 heavy (non-hydrogen) atoms. The molecule has 0 radical (unpaired) electrons. The Labute approximate surface area is 164 Å². The number of amides is 1. The van der Waals surface area contributed by atoms with E-state index in [0.29, 0.717) is 10.2 Å². The second-order valence-electron chi connectivity index (χ2n) is 5.92. The van der Waals surface area contributed by atoms with E-state index >= 15 is 0 Å². The summed E-state index contributed by atoms with van der Waals surface area (Å²) in [5.41, 5.74) is 3.30. The number of benzene rings is 2. The summed E-state index contributed by atoms with van der Waals surface area (Å²) < 4.78 is 0. The van der Waals surface area contributed by atoms with Crippen LogP contribution in [0.4, 0.5) is 16.5 Å². The van der Waals surface area contributed by atoms with Gasteiger partial charge in [-0.15, -0.1) is 10.2 Å². The molecule has 2 N–H and O–H groups in total. The van der Waals surface area contributed by atoms with Crippen molar-refractivity contribution in [1.29, 1.82) is 0 Å². The Balaban J connectivity index is 1.61. The third-order valence-electron chi connectivity index (χ3n) is 4.18. The first-order valence-electron chi connectivity index (χ1n) is 8.10. The minimum absolute atomic E-state index is 0.0314. The third-order valence-corrected chi connectivity index (χ3v) is 5.47. The van der Waals surface area contributed by atoms with Gasteiger partial charge < -0.3 is 10.2 Å². The quantitative estimate of drug-likeness (QED) is 0.530. The van der Waals surface area contributed by atoms with Gasteiger partial charge >= 0.3 is 0 Å². The molecular weight excluding hydrogens is 384 g/mol. The van der Waals surface area contributed by atoms with Crippen LogP contribution in [0.2, 0.25) is 5.02 Å². The van der Waals surface area contributed by atoms with Crippen LogP contribution in [0, 0.1) is 0 Å². The summed E-state index contributed by atoms with van der Waals surface area (Å²) in [4.78, 5) is 13.2. The van der Waals surface area contributed by atoms with Crippen molar-refractivity contribution >= 4 is 56.3 Å². The van der Waals surface area contributed by atoms with Gasteiger partial charge in [-0.05, 0) is 24.3 Å². The van der Waals surface area contributed by atoms with Crippen LogP contribution < -0.4 is 10.2 Å². The third kappa shape index (κ3) is 3.36. The molecule has 0 unspecified atom stereocenters. The molecule has 1 amide bonds. The molecule has 0 saturated heterocycles. The first kappa shape index (κ1) is 17.4. The molecule has 2 aromatic heterocycles. The Morgan fingerprint density at radius 2 is 2.11 bits per heavy atom. The number of fused-ring (bicyclic) bond motifs is 1. The molecule has 0 fully saturated rings. The zero-order chi connectivity index (χ0) is 19.0. The fourth-order valence-corrected chi connectivity index (χ4v) is 3.63. The summed E-state index contributed by atoms with van der Waals surface area (Å²) >= 11 is 7.85. The molecule has 4 aromatic rings. The molecule has 2 aromatic carbocycles. The molecule has 0 aliphatic carbocycles. The Morgan fingerprint density at radius 1 is 1.26 bits per heavy atom. The highest BCUT2D eigenvalue weighted by molar-refractivity contribution is 7.18. The zero-order valence-corrected chi connectivity index (χ0v) is 16.1.